The Labute approximate surface area is 159 Å². The maximum Gasteiger partial charge on any atom is 0.220 e. The Balaban J connectivity index is 1.66. The van der Waals surface area contributed by atoms with Crippen LogP contribution in [-0.4, -0.2) is 5.91 Å². The van der Waals surface area contributed by atoms with Gasteiger partial charge in [-0.2, -0.15) is 0 Å². The molecule has 0 aromatic heterocycles. The fourth-order valence-corrected chi connectivity index (χ4v) is 3.62. The van der Waals surface area contributed by atoms with Gasteiger partial charge in [0, 0.05) is 6.42 Å². The van der Waals surface area contributed by atoms with E-state index >= 15 is 0 Å². The predicted octanol–water partition coefficient (Wildman–Crippen LogP) is 6.94. The third kappa shape index (κ3) is 6.82. The fraction of sp³-hybridized carbons (Fsp3) is 0.542. The highest BCUT2D eigenvalue weighted by Gasteiger charge is 2.11. The van der Waals surface area contributed by atoms with E-state index in [4.69, 9.17) is 0 Å². The Morgan fingerprint density at radius 2 is 1.46 bits per heavy atom. The molecule has 0 saturated heterocycles. The summed E-state index contributed by atoms with van der Waals surface area (Å²) in [5, 5.41) is 5.63. The SMILES string of the molecule is CCCCCCCCCCCC(=O)N[C@@H](C)c1cccc2ccccc12. The number of carbonyl (C=O) groups excluding carboxylic acids is 1. The van der Waals surface area contributed by atoms with Gasteiger partial charge < -0.3 is 5.32 Å². The van der Waals surface area contributed by atoms with Gasteiger partial charge in [-0.25, -0.2) is 0 Å². The lowest BCUT2D eigenvalue weighted by Gasteiger charge is -2.16. The van der Waals surface area contributed by atoms with Crippen LogP contribution in [0.1, 0.15) is 89.7 Å². The highest BCUT2D eigenvalue weighted by molar-refractivity contribution is 5.86. The average molecular weight is 354 g/mol. The number of unbranched alkanes of at least 4 members (excludes halogenated alkanes) is 8. The molecule has 2 rings (SSSR count). The maximum absolute atomic E-state index is 12.3. The minimum absolute atomic E-state index is 0.0483. The molecule has 1 amide bonds. The Hall–Kier alpha value is -1.83. The number of rotatable bonds is 12. The quantitative estimate of drug-likeness (QED) is 0.411. The van der Waals surface area contributed by atoms with E-state index in [2.05, 4.69) is 61.6 Å². The molecule has 2 aromatic carbocycles. The van der Waals surface area contributed by atoms with Gasteiger partial charge in [0.15, 0.2) is 0 Å². The molecule has 2 heteroatoms. The number of hydrogen-bond donors (Lipinski definition) is 1. The van der Waals surface area contributed by atoms with Crippen LogP contribution in [0.2, 0.25) is 0 Å². The Morgan fingerprint density at radius 1 is 0.846 bits per heavy atom. The number of carbonyl (C=O) groups is 1. The first-order valence-corrected chi connectivity index (χ1v) is 10.5. The molecule has 0 unspecified atom stereocenters. The van der Waals surface area contributed by atoms with Crippen LogP contribution < -0.4 is 5.32 Å². The van der Waals surface area contributed by atoms with Crippen molar-refractivity contribution in [3.05, 3.63) is 48.0 Å². The number of fused-ring (bicyclic) bond motifs is 1. The van der Waals surface area contributed by atoms with E-state index in [0.29, 0.717) is 6.42 Å². The summed E-state index contributed by atoms with van der Waals surface area (Å²) in [5.41, 5.74) is 1.20. The molecule has 0 fully saturated rings. The third-order valence-electron chi connectivity index (χ3n) is 5.17. The summed E-state index contributed by atoms with van der Waals surface area (Å²) in [7, 11) is 0. The van der Waals surface area contributed by atoms with Crippen LogP contribution in [0, 0.1) is 0 Å². The zero-order chi connectivity index (χ0) is 18.6. The first-order chi connectivity index (χ1) is 12.7. The number of amides is 1. The lowest BCUT2D eigenvalue weighted by molar-refractivity contribution is -0.121. The standard InChI is InChI=1S/C24H35NO/c1-3-4-5-6-7-8-9-10-11-19-24(26)25-20(2)22-18-14-16-21-15-12-13-17-23(21)22/h12-18,20H,3-11,19H2,1-2H3,(H,25,26)/t20-/m0/s1. The molecular formula is C24H35NO. The molecule has 0 saturated carbocycles. The van der Waals surface area contributed by atoms with Crippen molar-refractivity contribution in [2.24, 2.45) is 0 Å². The summed E-state index contributed by atoms with van der Waals surface area (Å²) in [5.74, 6) is 0.174. The smallest absolute Gasteiger partial charge is 0.220 e. The van der Waals surface area contributed by atoms with Crippen molar-refractivity contribution in [2.75, 3.05) is 0 Å². The Kier molecular flexibility index (Phi) is 9.23. The normalized spacial score (nSPS) is 12.2. The molecule has 1 N–H and O–H groups in total. The Bertz CT molecular complexity index is 659. The van der Waals surface area contributed by atoms with Crippen molar-refractivity contribution in [1.29, 1.82) is 0 Å². The molecule has 2 nitrogen and oxygen atoms in total. The van der Waals surface area contributed by atoms with E-state index in [0.717, 1.165) is 6.42 Å². The monoisotopic (exact) mass is 353 g/mol. The third-order valence-corrected chi connectivity index (χ3v) is 5.17. The summed E-state index contributed by atoms with van der Waals surface area (Å²) in [6, 6.07) is 14.7. The summed E-state index contributed by atoms with van der Waals surface area (Å²) >= 11 is 0. The summed E-state index contributed by atoms with van der Waals surface area (Å²) < 4.78 is 0. The molecule has 0 spiro atoms. The van der Waals surface area contributed by atoms with Gasteiger partial charge in [0.2, 0.25) is 5.91 Å². The number of benzene rings is 2. The van der Waals surface area contributed by atoms with Crippen LogP contribution in [0.25, 0.3) is 10.8 Å². The first kappa shape index (κ1) is 20.5. The van der Waals surface area contributed by atoms with Crippen LogP contribution in [0.15, 0.2) is 42.5 Å². The van der Waals surface area contributed by atoms with E-state index < -0.39 is 0 Å². The molecule has 1 atom stereocenters. The number of hydrogen-bond acceptors (Lipinski definition) is 1. The van der Waals surface area contributed by atoms with Gasteiger partial charge in [0.1, 0.15) is 0 Å². The zero-order valence-electron chi connectivity index (χ0n) is 16.6. The van der Waals surface area contributed by atoms with E-state index in [1.54, 1.807) is 0 Å². The van der Waals surface area contributed by atoms with E-state index in [9.17, 15) is 4.79 Å². The van der Waals surface area contributed by atoms with Crippen LogP contribution in [-0.2, 0) is 4.79 Å². The summed E-state index contributed by atoms with van der Waals surface area (Å²) in [6.07, 6.45) is 12.2. The molecule has 0 aliphatic carbocycles. The largest absolute Gasteiger partial charge is 0.350 e. The lowest BCUT2D eigenvalue weighted by atomic mass is 9.99. The van der Waals surface area contributed by atoms with Crippen LogP contribution in [0.5, 0.6) is 0 Å². The van der Waals surface area contributed by atoms with E-state index in [1.165, 1.54) is 67.7 Å². The van der Waals surface area contributed by atoms with Gasteiger partial charge >= 0.3 is 0 Å². The molecule has 0 heterocycles. The van der Waals surface area contributed by atoms with Gasteiger partial charge in [-0.3, -0.25) is 4.79 Å². The molecule has 26 heavy (non-hydrogen) atoms. The minimum Gasteiger partial charge on any atom is -0.350 e. The topological polar surface area (TPSA) is 29.1 Å². The van der Waals surface area contributed by atoms with Crippen molar-refractivity contribution in [2.45, 2.75) is 84.1 Å². The molecule has 142 valence electrons. The minimum atomic E-state index is 0.0483. The van der Waals surface area contributed by atoms with Crippen molar-refractivity contribution in [1.82, 2.24) is 5.32 Å². The van der Waals surface area contributed by atoms with Crippen LogP contribution in [0.4, 0.5) is 0 Å². The van der Waals surface area contributed by atoms with Crippen molar-refractivity contribution in [3.63, 3.8) is 0 Å². The maximum atomic E-state index is 12.3. The molecular weight excluding hydrogens is 318 g/mol. The summed E-state index contributed by atoms with van der Waals surface area (Å²) in [6.45, 7) is 4.34. The van der Waals surface area contributed by atoms with Crippen molar-refractivity contribution in [3.8, 4) is 0 Å². The first-order valence-electron chi connectivity index (χ1n) is 10.5. The van der Waals surface area contributed by atoms with Gasteiger partial charge in [-0.05, 0) is 29.7 Å². The predicted molar refractivity (Wildman–Crippen MR) is 112 cm³/mol. The number of nitrogens with one attached hydrogen (secondary N) is 1. The van der Waals surface area contributed by atoms with Crippen LogP contribution >= 0.6 is 0 Å². The van der Waals surface area contributed by atoms with E-state index in [-0.39, 0.29) is 11.9 Å². The average Bonchev–Trinajstić information content (AvgIpc) is 2.66. The van der Waals surface area contributed by atoms with Gasteiger partial charge in [0.25, 0.3) is 0 Å². The molecule has 0 radical (unpaired) electrons. The fourth-order valence-electron chi connectivity index (χ4n) is 3.62. The second-order valence-corrected chi connectivity index (χ2v) is 7.44. The van der Waals surface area contributed by atoms with Gasteiger partial charge in [-0.15, -0.1) is 0 Å². The zero-order valence-corrected chi connectivity index (χ0v) is 16.6. The second kappa shape index (κ2) is 11.7. The molecule has 0 aliphatic rings. The van der Waals surface area contributed by atoms with Gasteiger partial charge in [-0.1, -0.05) is 101 Å². The second-order valence-electron chi connectivity index (χ2n) is 7.44. The van der Waals surface area contributed by atoms with Crippen LogP contribution in [0.3, 0.4) is 0 Å². The van der Waals surface area contributed by atoms with E-state index in [1.807, 2.05) is 0 Å². The Morgan fingerprint density at radius 3 is 2.19 bits per heavy atom. The van der Waals surface area contributed by atoms with Gasteiger partial charge in [0.05, 0.1) is 6.04 Å². The van der Waals surface area contributed by atoms with Crippen molar-refractivity contribution < 1.29 is 4.79 Å². The highest BCUT2D eigenvalue weighted by Crippen LogP contribution is 2.24. The molecule has 0 bridgehead atoms. The lowest BCUT2D eigenvalue weighted by Crippen LogP contribution is -2.26. The highest BCUT2D eigenvalue weighted by atomic mass is 16.1. The molecule has 2 aromatic rings. The van der Waals surface area contributed by atoms with Crippen molar-refractivity contribution >= 4 is 16.7 Å². The summed E-state index contributed by atoms with van der Waals surface area (Å²) in [4.78, 5) is 12.3. The molecule has 0 aliphatic heterocycles.